The number of carbonyl (C=O) groups is 1. The van der Waals surface area contributed by atoms with Crippen LogP contribution in [0.3, 0.4) is 0 Å². The number of hydrogen-bond acceptors (Lipinski definition) is 6. The van der Waals surface area contributed by atoms with Gasteiger partial charge in [0, 0.05) is 22.2 Å². The number of benzene rings is 1. The first-order chi connectivity index (χ1) is 15.0. The average Bonchev–Trinajstić information content (AvgIpc) is 2.73. The Morgan fingerprint density at radius 2 is 2.00 bits per heavy atom. The van der Waals surface area contributed by atoms with Gasteiger partial charge in [-0.15, -0.1) is 0 Å². The molecule has 12 heteroatoms. The summed E-state index contributed by atoms with van der Waals surface area (Å²) in [7, 11) is -3.73. The van der Waals surface area contributed by atoms with E-state index in [4.69, 9.17) is 22.0 Å². The monoisotopic (exact) mass is 477 g/mol. The second kappa shape index (κ2) is 10.9. The highest BCUT2D eigenvalue weighted by atomic mass is 35.5. The molecule has 0 spiro atoms. The van der Waals surface area contributed by atoms with Gasteiger partial charge in [-0.1, -0.05) is 25.4 Å². The standard InChI is InChI=1S/C20H24ClN7O3S/c1-20(2,9-11-32(23,30)31)18(27-17(29)14-5-7-15(21)8-6-14)28-19(25-13-22)26-16-4-3-10-24-12-16/h3-8,10,12,18H,9,11H2,1-2H3,(H,27,29)(H2,23,30,31)(H2,25,26,28). The first-order valence-electron chi connectivity index (χ1n) is 9.47. The zero-order valence-corrected chi connectivity index (χ0v) is 19.1. The fourth-order valence-electron chi connectivity index (χ4n) is 2.60. The first kappa shape index (κ1) is 25.1. The number of pyridine rings is 1. The van der Waals surface area contributed by atoms with Crippen LogP contribution >= 0.6 is 11.6 Å². The van der Waals surface area contributed by atoms with Gasteiger partial charge in [0.05, 0.1) is 17.6 Å². The third-order valence-electron chi connectivity index (χ3n) is 4.50. The molecule has 0 saturated heterocycles. The number of nitriles is 1. The fraction of sp³-hybridized carbons (Fsp3) is 0.300. The number of anilines is 1. The number of nitrogens with two attached hydrogens (primary N) is 1. The van der Waals surface area contributed by atoms with E-state index in [2.05, 4.69) is 25.9 Å². The summed E-state index contributed by atoms with van der Waals surface area (Å²) in [5, 5.41) is 22.9. The number of primary sulfonamides is 1. The van der Waals surface area contributed by atoms with Crippen molar-refractivity contribution in [2.24, 2.45) is 15.5 Å². The van der Waals surface area contributed by atoms with E-state index in [0.717, 1.165) is 0 Å². The van der Waals surface area contributed by atoms with Gasteiger partial charge in [0.15, 0.2) is 6.19 Å². The number of halogens is 1. The molecule has 2 rings (SSSR count). The lowest BCUT2D eigenvalue weighted by molar-refractivity contribution is 0.0897. The van der Waals surface area contributed by atoms with Crippen molar-refractivity contribution in [2.45, 2.75) is 26.4 Å². The van der Waals surface area contributed by atoms with Gasteiger partial charge in [0.1, 0.15) is 6.17 Å². The molecule has 0 aliphatic heterocycles. The summed E-state index contributed by atoms with van der Waals surface area (Å²) in [5.74, 6) is -0.706. The molecular weight excluding hydrogens is 454 g/mol. The van der Waals surface area contributed by atoms with E-state index in [-0.39, 0.29) is 18.1 Å². The summed E-state index contributed by atoms with van der Waals surface area (Å²) >= 11 is 5.88. The lowest BCUT2D eigenvalue weighted by Crippen LogP contribution is -2.46. The highest BCUT2D eigenvalue weighted by molar-refractivity contribution is 7.89. The third kappa shape index (κ3) is 8.14. The fourth-order valence-corrected chi connectivity index (χ4v) is 3.54. The maximum atomic E-state index is 12.8. The van der Waals surface area contributed by atoms with Gasteiger partial charge >= 0.3 is 0 Å². The second-order valence-electron chi connectivity index (χ2n) is 7.57. The number of guanidine groups is 1. The van der Waals surface area contributed by atoms with Crippen LogP contribution in [0.5, 0.6) is 0 Å². The number of carbonyl (C=O) groups excluding carboxylic acids is 1. The normalized spacial score (nSPS) is 13.0. The van der Waals surface area contributed by atoms with Crippen LogP contribution in [0.1, 0.15) is 30.6 Å². The molecule has 5 N–H and O–H groups in total. The molecule has 1 unspecified atom stereocenters. The van der Waals surface area contributed by atoms with Gasteiger partial charge in [0.2, 0.25) is 16.0 Å². The molecule has 170 valence electrons. The van der Waals surface area contributed by atoms with Gasteiger partial charge in [-0.05, 0) is 42.8 Å². The molecule has 0 saturated carbocycles. The minimum Gasteiger partial charge on any atom is -0.330 e. The quantitative estimate of drug-likeness (QED) is 0.195. The lowest BCUT2D eigenvalue weighted by atomic mass is 9.86. The zero-order chi connectivity index (χ0) is 23.8. The van der Waals surface area contributed by atoms with Crippen molar-refractivity contribution in [3.05, 3.63) is 59.4 Å². The van der Waals surface area contributed by atoms with Crippen LogP contribution in [0.4, 0.5) is 5.69 Å². The van der Waals surface area contributed by atoms with E-state index in [1.807, 2.05) is 0 Å². The van der Waals surface area contributed by atoms with Crippen molar-refractivity contribution in [1.29, 1.82) is 5.26 Å². The topological polar surface area (TPSA) is 162 Å². The number of sulfonamides is 1. The van der Waals surface area contributed by atoms with Crippen molar-refractivity contribution >= 4 is 39.2 Å². The molecule has 1 aromatic carbocycles. The maximum Gasteiger partial charge on any atom is 0.252 e. The summed E-state index contributed by atoms with van der Waals surface area (Å²) in [6, 6.07) is 9.68. The molecule has 1 atom stereocenters. The van der Waals surface area contributed by atoms with E-state index in [0.29, 0.717) is 16.3 Å². The Hall–Kier alpha value is -3.20. The number of aliphatic imine (C=N–C) groups is 1. The number of aromatic nitrogens is 1. The number of nitrogens with zero attached hydrogens (tertiary/aromatic N) is 3. The van der Waals surface area contributed by atoms with Crippen molar-refractivity contribution in [3.63, 3.8) is 0 Å². The zero-order valence-electron chi connectivity index (χ0n) is 17.5. The predicted octanol–water partition coefficient (Wildman–Crippen LogP) is 2.03. The van der Waals surface area contributed by atoms with Gasteiger partial charge < -0.3 is 10.6 Å². The summed E-state index contributed by atoms with van der Waals surface area (Å²) < 4.78 is 23.0. The molecule has 0 aliphatic rings. The number of amides is 1. The second-order valence-corrected chi connectivity index (χ2v) is 9.74. The van der Waals surface area contributed by atoms with E-state index < -0.39 is 27.5 Å². The molecule has 1 heterocycles. The molecule has 10 nitrogen and oxygen atoms in total. The Balaban J connectivity index is 2.37. The molecular formula is C20H24ClN7O3S. The Labute approximate surface area is 191 Å². The summed E-state index contributed by atoms with van der Waals surface area (Å²) in [6.45, 7) is 3.48. The lowest BCUT2D eigenvalue weighted by Gasteiger charge is -2.32. The van der Waals surface area contributed by atoms with Crippen LogP contribution in [0.2, 0.25) is 5.02 Å². The largest absolute Gasteiger partial charge is 0.330 e. The van der Waals surface area contributed by atoms with Crippen LogP contribution in [0.25, 0.3) is 0 Å². The van der Waals surface area contributed by atoms with Gasteiger partial charge in [-0.25, -0.2) is 18.5 Å². The van der Waals surface area contributed by atoms with Gasteiger partial charge in [0.25, 0.3) is 5.91 Å². The van der Waals surface area contributed by atoms with E-state index in [1.54, 1.807) is 62.6 Å². The highest BCUT2D eigenvalue weighted by Gasteiger charge is 2.32. The molecule has 2 aromatic rings. The predicted molar refractivity (Wildman–Crippen MR) is 123 cm³/mol. The molecule has 0 aliphatic carbocycles. The SMILES string of the molecule is CC(C)(CCS(N)(=O)=O)C(/N=C(\NC#N)Nc1cccnc1)NC(=O)c1ccc(Cl)cc1. The van der Waals surface area contributed by atoms with Crippen molar-refractivity contribution in [3.8, 4) is 6.19 Å². The summed E-state index contributed by atoms with van der Waals surface area (Å²) in [6.07, 6.45) is 4.08. The minimum absolute atomic E-state index is 0.0468. The number of hydrogen-bond donors (Lipinski definition) is 4. The van der Waals surface area contributed by atoms with Crippen molar-refractivity contribution in [1.82, 2.24) is 15.6 Å². The third-order valence-corrected chi connectivity index (χ3v) is 5.53. The average molecular weight is 478 g/mol. The smallest absolute Gasteiger partial charge is 0.252 e. The molecule has 0 bridgehead atoms. The van der Waals surface area contributed by atoms with E-state index in [1.165, 1.54) is 6.20 Å². The summed E-state index contributed by atoms with van der Waals surface area (Å²) in [5.41, 5.74) is 0.0408. The van der Waals surface area contributed by atoms with Crippen molar-refractivity contribution in [2.75, 3.05) is 11.1 Å². The molecule has 0 radical (unpaired) electrons. The summed E-state index contributed by atoms with van der Waals surface area (Å²) in [4.78, 5) is 21.3. The van der Waals surface area contributed by atoms with Gasteiger partial charge in [-0.3, -0.25) is 15.1 Å². The van der Waals surface area contributed by atoms with Crippen LogP contribution in [-0.2, 0) is 10.0 Å². The van der Waals surface area contributed by atoms with Crippen molar-refractivity contribution < 1.29 is 13.2 Å². The Kier molecular flexibility index (Phi) is 8.54. The van der Waals surface area contributed by atoms with Crippen LogP contribution in [-0.4, -0.2) is 37.2 Å². The minimum atomic E-state index is -3.73. The van der Waals surface area contributed by atoms with Crippen LogP contribution in [0, 0.1) is 16.9 Å². The van der Waals surface area contributed by atoms with Gasteiger partial charge in [-0.2, -0.15) is 5.26 Å². The molecule has 1 amide bonds. The number of nitrogens with one attached hydrogen (secondary N) is 3. The van der Waals surface area contributed by atoms with Crippen LogP contribution < -0.4 is 21.1 Å². The van der Waals surface area contributed by atoms with Crippen LogP contribution in [0.15, 0.2) is 53.8 Å². The first-order valence-corrected chi connectivity index (χ1v) is 11.6. The molecule has 0 fully saturated rings. The van der Waals surface area contributed by atoms with E-state index >= 15 is 0 Å². The Morgan fingerprint density at radius 3 is 2.56 bits per heavy atom. The molecule has 32 heavy (non-hydrogen) atoms. The maximum absolute atomic E-state index is 12.8. The Morgan fingerprint density at radius 1 is 1.31 bits per heavy atom. The molecule has 1 aromatic heterocycles. The van der Waals surface area contributed by atoms with E-state index in [9.17, 15) is 13.2 Å². The number of rotatable bonds is 8. The Bertz CT molecular complexity index is 1100. The highest BCUT2D eigenvalue weighted by Crippen LogP contribution is 2.27.